The minimum absolute atomic E-state index is 0.0354. The predicted molar refractivity (Wildman–Crippen MR) is 81.5 cm³/mol. The molecular weight excluding hydrogens is 304 g/mol. The van der Waals surface area contributed by atoms with Gasteiger partial charge in [-0.1, -0.05) is 13.3 Å². The first-order chi connectivity index (χ1) is 10.4. The fourth-order valence-corrected chi connectivity index (χ4v) is 6.36. The molecule has 2 unspecified atom stereocenters. The maximum atomic E-state index is 12.5. The van der Waals surface area contributed by atoms with Gasteiger partial charge in [0.2, 0.25) is 21.8 Å². The molecule has 0 saturated carbocycles. The first-order valence-corrected chi connectivity index (χ1v) is 9.91. The highest BCUT2D eigenvalue weighted by atomic mass is 32.2. The minimum atomic E-state index is -3.21. The lowest BCUT2D eigenvalue weighted by Crippen LogP contribution is -2.54. The second-order valence-electron chi connectivity index (χ2n) is 6.67. The lowest BCUT2D eigenvalue weighted by atomic mass is 9.98. The van der Waals surface area contributed by atoms with Gasteiger partial charge in [0, 0.05) is 31.0 Å². The van der Waals surface area contributed by atoms with Gasteiger partial charge in [0.25, 0.3) is 0 Å². The second-order valence-corrected chi connectivity index (χ2v) is 8.66. The fourth-order valence-electron chi connectivity index (χ4n) is 4.20. The summed E-state index contributed by atoms with van der Waals surface area (Å²) in [6.07, 6.45) is 5.09. The largest absolute Gasteiger partial charge is 0.279 e. The SMILES string of the molecule is CCCCS(=O)(=O)N1C2CCC1CC(N1C(=O)CCC1=O)C2. The van der Waals surface area contributed by atoms with Gasteiger partial charge in [0.15, 0.2) is 0 Å². The van der Waals surface area contributed by atoms with Gasteiger partial charge in [-0.3, -0.25) is 14.5 Å². The van der Waals surface area contributed by atoms with E-state index in [2.05, 4.69) is 0 Å². The van der Waals surface area contributed by atoms with Crippen LogP contribution in [0.1, 0.15) is 58.3 Å². The number of sulfonamides is 1. The smallest absolute Gasteiger partial charge is 0.229 e. The molecule has 0 spiro atoms. The molecule has 0 aromatic rings. The quantitative estimate of drug-likeness (QED) is 0.712. The van der Waals surface area contributed by atoms with E-state index < -0.39 is 10.0 Å². The highest BCUT2D eigenvalue weighted by Gasteiger charge is 2.49. The zero-order valence-electron chi connectivity index (χ0n) is 13.0. The Labute approximate surface area is 131 Å². The molecular formula is C15H24N2O4S. The summed E-state index contributed by atoms with van der Waals surface area (Å²) in [5.74, 6) is 0.0383. The summed E-state index contributed by atoms with van der Waals surface area (Å²) in [7, 11) is -3.21. The maximum absolute atomic E-state index is 12.5. The van der Waals surface area contributed by atoms with Crippen molar-refractivity contribution in [2.75, 3.05) is 5.75 Å². The second kappa shape index (κ2) is 5.92. The molecule has 0 N–H and O–H groups in total. The lowest BCUT2D eigenvalue weighted by molar-refractivity contribution is -0.142. The topological polar surface area (TPSA) is 74.8 Å². The molecule has 3 rings (SSSR count). The van der Waals surface area contributed by atoms with E-state index in [0.717, 1.165) is 19.3 Å². The number of nitrogens with zero attached hydrogens (tertiary/aromatic N) is 2. The van der Waals surface area contributed by atoms with Crippen LogP contribution >= 0.6 is 0 Å². The third-order valence-electron chi connectivity index (χ3n) is 5.17. The Morgan fingerprint density at radius 1 is 1.00 bits per heavy atom. The van der Waals surface area contributed by atoms with E-state index >= 15 is 0 Å². The van der Waals surface area contributed by atoms with E-state index in [0.29, 0.717) is 32.1 Å². The molecule has 0 aromatic carbocycles. The normalized spacial score (nSPS) is 33.0. The van der Waals surface area contributed by atoms with Crippen molar-refractivity contribution in [3.05, 3.63) is 0 Å². The van der Waals surface area contributed by atoms with Crippen LogP contribution in [-0.2, 0) is 19.6 Å². The number of carbonyl (C=O) groups is 2. The van der Waals surface area contributed by atoms with Crippen molar-refractivity contribution in [2.24, 2.45) is 0 Å². The number of likely N-dealkylation sites (tertiary alicyclic amines) is 1. The van der Waals surface area contributed by atoms with E-state index in [1.165, 1.54) is 4.90 Å². The fraction of sp³-hybridized carbons (Fsp3) is 0.867. The van der Waals surface area contributed by atoms with Crippen molar-refractivity contribution >= 4 is 21.8 Å². The Morgan fingerprint density at radius 3 is 2.05 bits per heavy atom. The molecule has 3 aliphatic rings. The number of piperidine rings is 1. The molecule has 2 atom stereocenters. The Morgan fingerprint density at radius 2 is 1.55 bits per heavy atom. The van der Waals surface area contributed by atoms with Crippen molar-refractivity contribution < 1.29 is 18.0 Å². The molecule has 124 valence electrons. The molecule has 0 radical (unpaired) electrons. The summed E-state index contributed by atoms with van der Waals surface area (Å²) in [4.78, 5) is 25.2. The third kappa shape index (κ3) is 2.69. The molecule has 2 amide bonds. The summed E-state index contributed by atoms with van der Waals surface area (Å²) in [6.45, 7) is 1.99. The lowest BCUT2D eigenvalue weighted by Gasteiger charge is -2.40. The third-order valence-corrected chi connectivity index (χ3v) is 7.22. The number of hydrogen-bond acceptors (Lipinski definition) is 4. The van der Waals surface area contributed by atoms with Gasteiger partial charge in [-0.15, -0.1) is 0 Å². The van der Waals surface area contributed by atoms with Gasteiger partial charge in [-0.05, 0) is 32.1 Å². The van der Waals surface area contributed by atoms with Gasteiger partial charge in [-0.2, -0.15) is 4.31 Å². The van der Waals surface area contributed by atoms with Crippen LogP contribution in [0, 0.1) is 0 Å². The van der Waals surface area contributed by atoms with Crippen LogP contribution in [-0.4, -0.2) is 53.3 Å². The average molecular weight is 328 g/mol. The molecule has 22 heavy (non-hydrogen) atoms. The van der Waals surface area contributed by atoms with E-state index in [4.69, 9.17) is 0 Å². The highest BCUT2D eigenvalue weighted by molar-refractivity contribution is 7.89. The summed E-state index contributed by atoms with van der Waals surface area (Å²) in [5, 5.41) is 0. The number of rotatable bonds is 5. The van der Waals surface area contributed by atoms with Gasteiger partial charge in [0.1, 0.15) is 0 Å². The zero-order valence-corrected chi connectivity index (χ0v) is 13.8. The average Bonchev–Trinajstić information content (AvgIpc) is 2.95. The number of hydrogen-bond donors (Lipinski definition) is 0. The number of imide groups is 1. The van der Waals surface area contributed by atoms with E-state index in [-0.39, 0.29) is 35.7 Å². The number of carbonyl (C=O) groups excluding carboxylic acids is 2. The number of amides is 2. The van der Waals surface area contributed by atoms with Crippen molar-refractivity contribution in [3.63, 3.8) is 0 Å². The molecule has 0 aliphatic carbocycles. The predicted octanol–water partition coefficient (Wildman–Crippen LogP) is 1.26. The molecule has 3 heterocycles. The Hall–Kier alpha value is -0.950. The molecule has 3 saturated heterocycles. The molecule has 7 heteroatoms. The molecule has 2 bridgehead atoms. The van der Waals surface area contributed by atoms with Crippen LogP contribution in [0.4, 0.5) is 0 Å². The first-order valence-electron chi connectivity index (χ1n) is 8.30. The maximum Gasteiger partial charge on any atom is 0.229 e. The Kier molecular flexibility index (Phi) is 4.29. The van der Waals surface area contributed by atoms with Crippen LogP contribution in [0.3, 0.4) is 0 Å². The van der Waals surface area contributed by atoms with Crippen LogP contribution in [0.2, 0.25) is 0 Å². The summed E-state index contributed by atoms with van der Waals surface area (Å²) in [6, 6.07) is -0.170. The van der Waals surface area contributed by atoms with Gasteiger partial charge in [0.05, 0.1) is 5.75 Å². The van der Waals surface area contributed by atoms with Crippen molar-refractivity contribution in [3.8, 4) is 0 Å². The van der Waals surface area contributed by atoms with Crippen LogP contribution in [0.15, 0.2) is 0 Å². The van der Waals surface area contributed by atoms with E-state index in [1.54, 1.807) is 4.31 Å². The minimum Gasteiger partial charge on any atom is -0.279 e. The Bertz CT molecular complexity index is 544. The van der Waals surface area contributed by atoms with Crippen LogP contribution in [0.25, 0.3) is 0 Å². The van der Waals surface area contributed by atoms with Gasteiger partial charge < -0.3 is 0 Å². The van der Waals surface area contributed by atoms with E-state index in [9.17, 15) is 18.0 Å². The van der Waals surface area contributed by atoms with Crippen molar-refractivity contribution in [1.82, 2.24) is 9.21 Å². The highest BCUT2D eigenvalue weighted by Crippen LogP contribution is 2.40. The summed E-state index contributed by atoms with van der Waals surface area (Å²) in [5.41, 5.74) is 0. The molecule has 6 nitrogen and oxygen atoms in total. The van der Waals surface area contributed by atoms with Crippen molar-refractivity contribution in [2.45, 2.75) is 76.4 Å². The number of fused-ring (bicyclic) bond motifs is 2. The summed E-state index contributed by atoms with van der Waals surface area (Å²) < 4.78 is 26.8. The Balaban J connectivity index is 1.74. The summed E-state index contributed by atoms with van der Waals surface area (Å²) >= 11 is 0. The monoisotopic (exact) mass is 328 g/mol. The standard InChI is InChI=1S/C15H24N2O4S/c1-2-3-8-22(20,21)17-11-4-5-12(17)10-13(9-11)16-14(18)6-7-15(16)19/h11-13H,2-10H2,1H3. The number of unbranched alkanes of at least 4 members (excludes halogenated alkanes) is 1. The molecule has 0 aromatic heterocycles. The van der Waals surface area contributed by atoms with Crippen LogP contribution < -0.4 is 0 Å². The van der Waals surface area contributed by atoms with Crippen LogP contribution in [0.5, 0.6) is 0 Å². The molecule has 3 aliphatic heterocycles. The first kappa shape index (κ1) is 15.9. The van der Waals surface area contributed by atoms with Gasteiger partial charge in [-0.25, -0.2) is 8.42 Å². The van der Waals surface area contributed by atoms with Crippen molar-refractivity contribution in [1.29, 1.82) is 0 Å². The zero-order chi connectivity index (χ0) is 15.9. The van der Waals surface area contributed by atoms with Gasteiger partial charge >= 0.3 is 0 Å². The molecule has 3 fully saturated rings. The van der Waals surface area contributed by atoms with E-state index in [1.807, 2.05) is 6.92 Å².